The minimum Gasteiger partial charge on any atom is -0.490 e. The van der Waals surface area contributed by atoms with Crippen LogP contribution in [0.5, 0.6) is 11.5 Å². The van der Waals surface area contributed by atoms with E-state index in [1.807, 2.05) is 25.1 Å². The summed E-state index contributed by atoms with van der Waals surface area (Å²) in [7, 11) is 0. The van der Waals surface area contributed by atoms with Crippen LogP contribution in [0.1, 0.15) is 63.4 Å². The quantitative estimate of drug-likeness (QED) is 0.0974. The standard InChI is InChI=1S/C38H49NO6S/c1-4-22-42-28-18-19-34-32(25-28)36-30(17-11-13-21-41)27(14-10-12-20-40)24-31-33(39-44-6-3)26-35(46-29-15-8-7-9-16-29)38(45-34,37(31)36)43-23-5-2/h4-5,7-9,15-16,18-19,24-25,27,30,35-37,40-41H,1-2,6,10-14,17,20-23,26H2,3H3. The fourth-order valence-electron chi connectivity index (χ4n) is 7.48. The molecule has 46 heavy (non-hydrogen) atoms. The second-order valence-corrected chi connectivity index (χ2v) is 13.5. The Labute approximate surface area is 278 Å². The number of aliphatic hydroxyl groups is 2. The van der Waals surface area contributed by atoms with Crippen molar-refractivity contribution < 1.29 is 29.3 Å². The molecule has 0 aromatic heterocycles. The van der Waals surface area contributed by atoms with Crippen molar-refractivity contribution in [2.75, 3.05) is 33.0 Å². The molecule has 7 nitrogen and oxygen atoms in total. The molecule has 248 valence electrons. The Bertz CT molecular complexity index is 1360. The van der Waals surface area contributed by atoms with E-state index in [0.717, 1.165) is 71.8 Å². The van der Waals surface area contributed by atoms with Crippen LogP contribution in [-0.2, 0) is 9.57 Å². The number of unbranched alkanes of at least 4 members (excludes halogenated alkanes) is 2. The van der Waals surface area contributed by atoms with Crippen LogP contribution in [-0.4, -0.2) is 60.0 Å². The molecular formula is C38H49NO6S. The van der Waals surface area contributed by atoms with Gasteiger partial charge in [0.25, 0.3) is 0 Å². The number of fused-ring (bicyclic) bond motifs is 2. The van der Waals surface area contributed by atoms with Crippen LogP contribution in [0.25, 0.3) is 0 Å². The third-order valence-corrected chi connectivity index (χ3v) is 10.6. The summed E-state index contributed by atoms with van der Waals surface area (Å²) in [6.07, 6.45) is 11.8. The Hall–Kier alpha value is -3.04. The van der Waals surface area contributed by atoms with Crippen molar-refractivity contribution in [3.63, 3.8) is 0 Å². The fraction of sp³-hybridized carbons (Fsp3) is 0.500. The van der Waals surface area contributed by atoms with Gasteiger partial charge in [-0.2, -0.15) is 0 Å². The summed E-state index contributed by atoms with van der Waals surface area (Å²) < 4.78 is 20.2. The minimum absolute atomic E-state index is 0.0321. The van der Waals surface area contributed by atoms with Crippen LogP contribution in [0, 0.1) is 17.8 Å². The number of hydrogen-bond donors (Lipinski definition) is 2. The van der Waals surface area contributed by atoms with Crippen LogP contribution in [0.3, 0.4) is 0 Å². The van der Waals surface area contributed by atoms with Gasteiger partial charge in [0.15, 0.2) is 0 Å². The smallest absolute Gasteiger partial charge is 0.231 e. The summed E-state index contributed by atoms with van der Waals surface area (Å²) in [5.41, 5.74) is 3.18. The van der Waals surface area contributed by atoms with E-state index in [2.05, 4.69) is 49.6 Å². The lowest BCUT2D eigenvalue weighted by Crippen LogP contribution is -2.64. The Balaban J connectivity index is 1.73. The lowest BCUT2D eigenvalue weighted by atomic mass is 9.56. The first-order valence-corrected chi connectivity index (χ1v) is 17.6. The van der Waals surface area contributed by atoms with Crippen LogP contribution in [0.2, 0.25) is 0 Å². The highest BCUT2D eigenvalue weighted by molar-refractivity contribution is 8.00. The van der Waals surface area contributed by atoms with Gasteiger partial charge in [0.1, 0.15) is 24.7 Å². The second-order valence-electron chi connectivity index (χ2n) is 12.2. The van der Waals surface area contributed by atoms with Gasteiger partial charge in [-0.15, -0.1) is 18.3 Å². The molecule has 1 aliphatic heterocycles. The summed E-state index contributed by atoms with van der Waals surface area (Å²) >= 11 is 1.76. The average Bonchev–Trinajstić information content (AvgIpc) is 3.08. The zero-order chi connectivity index (χ0) is 32.4. The van der Waals surface area contributed by atoms with E-state index in [1.54, 1.807) is 23.9 Å². The Morgan fingerprint density at radius 3 is 2.48 bits per heavy atom. The van der Waals surface area contributed by atoms with Gasteiger partial charge in [-0.1, -0.05) is 61.0 Å². The molecule has 5 rings (SSSR count). The molecule has 6 unspecified atom stereocenters. The highest BCUT2D eigenvalue weighted by Gasteiger charge is 2.64. The number of nitrogens with zero attached hydrogens (tertiary/aromatic N) is 1. The molecule has 2 N–H and O–H groups in total. The first kappa shape index (κ1) is 34.3. The maximum absolute atomic E-state index is 9.76. The number of allylic oxidation sites excluding steroid dienone is 1. The van der Waals surface area contributed by atoms with E-state index in [9.17, 15) is 10.2 Å². The second kappa shape index (κ2) is 16.7. The largest absolute Gasteiger partial charge is 0.490 e. The average molecular weight is 648 g/mol. The van der Waals surface area contributed by atoms with Crippen LogP contribution < -0.4 is 9.47 Å². The summed E-state index contributed by atoms with van der Waals surface area (Å²) in [6.45, 7) is 11.4. The summed E-state index contributed by atoms with van der Waals surface area (Å²) in [4.78, 5) is 6.91. The van der Waals surface area contributed by atoms with Crippen molar-refractivity contribution in [3.05, 3.63) is 91.1 Å². The normalized spacial score (nSPS) is 27.2. The molecule has 0 amide bonds. The van der Waals surface area contributed by atoms with Crippen LogP contribution in [0.15, 0.2) is 95.5 Å². The SMILES string of the molecule is C=CCOc1ccc2c(c1)C1C(CCCCO)C(CCCCO)C=C3C(=NOCC)CC(Sc4ccccc4)C(OCC=C)(O2)C31. The fourth-order valence-corrected chi connectivity index (χ4v) is 8.79. The third kappa shape index (κ3) is 7.41. The molecule has 1 saturated carbocycles. The van der Waals surface area contributed by atoms with E-state index < -0.39 is 5.79 Å². The van der Waals surface area contributed by atoms with Gasteiger partial charge in [0.05, 0.1) is 23.5 Å². The first-order valence-electron chi connectivity index (χ1n) is 16.8. The van der Waals surface area contributed by atoms with Crippen molar-refractivity contribution >= 4 is 17.5 Å². The summed E-state index contributed by atoms with van der Waals surface area (Å²) in [6, 6.07) is 16.5. The van der Waals surface area contributed by atoms with Crippen molar-refractivity contribution in [1.29, 1.82) is 0 Å². The molecule has 2 aromatic carbocycles. The molecular weight excluding hydrogens is 598 g/mol. The number of thioether (sulfide) groups is 1. The van der Waals surface area contributed by atoms with E-state index >= 15 is 0 Å². The van der Waals surface area contributed by atoms with Crippen LogP contribution >= 0.6 is 11.8 Å². The maximum atomic E-state index is 9.76. The predicted molar refractivity (Wildman–Crippen MR) is 185 cm³/mol. The zero-order valence-electron chi connectivity index (χ0n) is 27.0. The zero-order valence-corrected chi connectivity index (χ0v) is 27.8. The highest BCUT2D eigenvalue weighted by Crippen LogP contribution is 2.63. The summed E-state index contributed by atoms with van der Waals surface area (Å²) in [5, 5.41) is 24.0. The lowest BCUT2D eigenvalue weighted by Gasteiger charge is -2.58. The number of hydrogen-bond acceptors (Lipinski definition) is 8. The predicted octanol–water partition coefficient (Wildman–Crippen LogP) is 7.70. The number of benzene rings is 2. The maximum Gasteiger partial charge on any atom is 0.231 e. The van der Waals surface area contributed by atoms with E-state index in [1.165, 1.54) is 0 Å². The van der Waals surface area contributed by atoms with Gasteiger partial charge in [0, 0.05) is 36.0 Å². The Morgan fingerprint density at radius 2 is 1.76 bits per heavy atom. The van der Waals surface area contributed by atoms with Crippen molar-refractivity contribution in [2.45, 2.75) is 73.7 Å². The topological polar surface area (TPSA) is 89.7 Å². The number of aliphatic hydroxyl groups excluding tert-OH is 2. The number of rotatable bonds is 18. The van der Waals surface area contributed by atoms with Gasteiger partial charge in [0.2, 0.25) is 5.79 Å². The van der Waals surface area contributed by atoms with Gasteiger partial charge in [-0.3, -0.25) is 0 Å². The van der Waals surface area contributed by atoms with Gasteiger partial charge in [-0.25, -0.2) is 0 Å². The molecule has 0 saturated heterocycles. The molecule has 2 aliphatic carbocycles. The molecule has 0 bridgehead atoms. The van der Waals surface area contributed by atoms with Gasteiger partial charge < -0.3 is 29.3 Å². The third-order valence-electron chi connectivity index (χ3n) is 9.31. The molecule has 2 aromatic rings. The molecule has 6 atom stereocenters. The first-order chi connectivity index (χ1) is 22.6. The Kier molecular flexibility index (Phi) is 12.4. The number of oxime groups is 1. The van der Waals surface area contributed by atoms with E-state index in [0.29, 0.717) is 26.2 Å². The molecule has 0 spiro atoms. The summed E-state index contributed by atoms with van der Waals surface area (Å²) in [5.74, 6) is 0.935. The van der Waals surface area contributed by atoms with Crippen LogP contribution in [0.4, 0.5) is 0 Å². The minimum atomic E-state index is -1.00. The monoisotopic (exact) mass is 647 g/mol. The lowest BCUT2D eigenvalue weighted by molar-refractivity contribution is -0.223. The Morgan fingerprint density at radius 1 is 1.00 bits per heavy atom. The molecule has 8 heteroatoms. The van der Waals surface area contributed by atoms with Gasteiger partial charge in [-0.05, 0) is 80.3 Å². The molecule has 1 fully saturated rings. The molecule has 0 radical (unpaired) electrons. The van der Waals surface area contributed by atoms with E-state index in [-0.39, 0.29) is 42.1 Å². The van der Waals surface area contributed by atoms with E-state index in [4.69, 9.17) is 24.2 Å². The highest BCUT2D eigenvalue weighted by atomic mass is 32.2. The molecule has 1 heterocycles. The van der Waals surface area contributed by atoms with Crippen molar-refractivity contribution in [3.8, 4) is 11.5 Å². The van der Waals surface area contributed by atoms with Crippen molar-refractivity contribution in [2.24, 2.45) is 22.9 Å². The molecule has 3 aliphatic rings. The number of ether oxygens (including phenoxy) is 3. The van der Waals surface area contributed by atoms with Gasteiger partial charge >= 0.3 is 0 Å². The van der Waals surface area contributed by atoms with Crippen molar-refractivity contribution in [1.82, 2.24) is 0 Å².